The van der Waals surface area contributed by atoms with Crippen molar-refractivity contribution in [2.75, 3.05) is 11.4 Å². The highest BCUT2D eigenvalue weighted by molar-refractivity contribution is 9.10. The molecule has 2 atom stereocenters. The van der Waals surface area contributed by atoms with Crippen molar-refractivity contribution in [3.05, 3.63) is 27.7 Å². The lowest BCUT2D eigenvalue weighted by atomic mass is 9.90. The SMILES string of the molecule is CC1C(=O)CCN(c2ccc(Br)cc2Cl)C1C. The Kier molecular flexibility index (Phi) is 3.79. The minimum absolute atomic E-state index is 0.0727. The van der Waals surface area contributed by atoms with Crippen molar-refractivity contribution in [3.8, 4) is 0 Å². The molecule has 2 nitrogen and oxygen atoms in total. The Labute approximate surface area is 115 Å². The fourth-order valence-electron chi connectivity index (χ4n) is 2.25. The largest absolute Gasteiger partial charge is 0.366 e. The molecule has 0 bridgehead atoms. The highest BCUT2D eigenvalue weighted by Gasteiger charge is 2.31. The van der Waals surface area contributed by atoms with Crippen LogP contribution in [-0.4, -0.2) is 18.4 Å². The molecule has 1 aliphatic heterocycles. The van der Waals surface area contributed by atoms with E-state index in [1.807, 2.05) is 25.1 Å². The van der Waals surface area contributed by atoms with Crippen molar-refractivity contribution < 1.29 is 4.79 Å². The average molecular weight is 317 g/mol. The number of halogens is 2. The Morgan fingerprint density at radius 3 is 2.76 bits per heavy atom. The van der Waals surface area contributed by atoms with Crippen LogP contribution in [0, 0.1) is 5.92 Å². The maximum absolute atomic E-state index is 11.7. The number of anilines is 1. The maximum atomic E-state index is 11.7. The summed E-state index contributed by atoms with van der Waals surface area (Å²) in [6.07, 6.45) is 0.609. The van der Waals surface area contributed by atoms with Crippen molar-refractivity contribution in [3.63, 3.8) is 0 Å². The van der Waals surface area contributed by atoms with Crippen LogP contribution in [0.5, 0.6) is 0 Å². The van der Waals surface area contributed by atoms with E-state index >= 15 is 0 Å². The first-order chi connectivity index (χ1) is 8.00. The molecule has 0 saturated carbocycles. The first-order valence-electron chi connectivity index (χ1n) is 5.75. The number of benzene rings is 1. The fourth-order valence-corrected chi connectivity index (χ4v) is 3.04. The number of carbonyl (C=O) groups excluding carboxylic acids is 1. The minimum atomic E-state index is 0.0727. The second-order valence-corrected chi connectivity index (χ2v) is 5.86. The molecule has 0 N–H and O–H groups in total. The van der Waals surface area contributed by atoms with E-state index in [1.54, 1.807) is 0 Å². The van der Waals surface area contributed by atoms with Gasteiger partial charge in [0.1, 0.15) is 5.78 Å². The summed E-state index contributed by atoms with van der Waals surface area (Å²) < 4.78 is 0.972. The Bertz CT molecular complexity index is 449. The maximum Gasteiger partial charge on any atom is 0.139 e. The van der Waals surface area contributed by atoms with Crippen molar-refractivity contribution in [1.82, 2.24) is 0 Å². The van der Waals surface area contributed by atoms with Crippen LogP contribution in [0.1, 0.15) is 20.3 Å². The highest BCUT2D eigenvalue weighted by Crippen LogP contribution is 2.33. The number of Topliss-reactive ketones (excluding diaryl/α,β-unsaturated/α-hetero) is 1. The van der Waals surface area contributed by atoms with E-state index in [2.05, 4.69) is 27.8 Å². The number of carbonyl (C=O) groups is 1. The lowest BCUT2D eigenvalue weighted by molar-refractivity contribution is -0.123. The van der Waals surface area contributed by atoms with Crippen molar-refractivity contribution in [2.45, 2.75) is 26.3 Å². The summed E-state index contributed by atoms with van der Waals surface area (Å²) in [5.74, 6) is 0.422. The summed E-state index contributed by atoms with van der Waals surface area (Å²) in [6, 6.07) is 6.08. The molecule has 2 rings (SSSR count). The molecule has 2 unspecified atom stereocenters. The summed E-state index contributed by atoms with van der Waals surface area (Å²) in [7, 11) is 0. The third-order valence-electron chi connectivity index (χ3n) is 3.54. The number of piperidine rings is 1. The van der Waals surface area contributed by atoms with Gasteiger partial charge in [0.05, 0.1) is 10.7 Å². The first-order valence-corrected chi connectivity index (χ1v) is 6.92. The quantitative estimate of drug-likeness (QED) is 0.783. The first kappa shape index (κ1) is 12.9. The van der Waals surface area contributed by atoms with Crippen LogP contribution in [0.25, 0.3) is 0 Å². The van der Waals surface area contributed by atoms with E-state index < -0.39 is 0 Å². The second-order valence-electron chi connectivity index (χ2n) is 4.53. The molecule has 0 spiro atoms. The van der Waals surface area contributed by atoms with E-state index in [4.69, 9.17) is 11.6 Å². The van der Waals surface area contributed by atoms with Gasteiger partial charge in [-0.2, -0.15) is 0 Å². The van der Waals surface area contributed by atoms with Crippen LogP contribution >= 0.6 is 27.5 Å². The molecular weight excluding hydrogens is 302 g/mol. The van der Waals surface area contributed by atoms with Crippen LogP contribution in [-0.2, 0) is 4.79 Å². The average Bonchev–Trinajstić information content (AvgIpc) is 2.28. The van der Waals surface area contributed by atoms with Crippen molar-refractivity contribution in [2.24, 2.45) is 5.92 Å². The Morgan fingerprint density at radius 2 is 2.12 bits per heavy atom. The molecule has 92 valence electrons. The predicted octanol–water partition coefficient (Wildman–Crippen LogP) is 3.91. The van der Waals surface area contributed by atoms with Crippen LogP contribution in [0.15, 0.2) is 22.7 Å². The molecule has 1 aromatic rings. The van der Waals surface area contributed by atoms with Gasteiger partial charge in [-0.1, -0.05) is 34.5 Å². The van der Waals surface area contributed by atoms with Gasteiger partial charge in [0.15, 0.2) is 0 Å². The molecule has 1 fully saturated rings. The number of hydrogen-bond donors (Lipinski definition) is 0. The number of hydrogen-bond acceptors (Lipinski definition) is 2. The monoisotopic (exact) mass is 315 g/mol. The van der Waals surface area contributed by atoms with Crippen molar-refractivity contribution >= 4 is 39.0 Å². The van der Waals surface area contributed by atoms with Crippen LogP contribution in [0.3, 0.4) is 0 Å². The fraction of sp³-hybridized carbons (Fsp3) is 0.462. The normalized spacial score (nSPS) is 25.2. The molecule has 17 heavy (non-hydrogen) atoms. The van der Waals surface area contributed by atoms with E-state index in [0.717, 1.165) is 21.7 Å². The number of rotatable bonds is 1. The Morgan fingerprint density at radius 1 is 1.41 bits per heavy atom. The summed E-state index contributed by atoms with van der Waals surface area (Å²) in [5, 5.41) is 0.729. The Balaban J connectivity index is 2.31. The molecule has 4 heteroatoms. The lowest BCUT2D eigenvalue weighted by Gasteiger charge is -2.39. The molecular formula is C13H15BrClNO. The number of ketones is 1. The standard InChI is InChI=1S/C13H15BrClNO/c1-8-9(2)16(6-5-13(8)17)12-4-3-10(14)7-11(12)15/h3-4,7-9H,5-6H2,1-2H3. The summed E-state index contributed by atoms with van der Waals surface area (Å²) in [4.78, 5) is 13.9. The third kappa shape index (κ3) is 2.50. The van der Waals surface area contributed by atoms with Gasteiger partial charge in [0, 0.05) is 29.4 Å². The summed E-state index contributed by atoms with van der Waals surface area (Å²) >= 11 is 9.66. The second kappa shape index (κ2) is 4.99. The number of nitrogens with zero attached hydrogens (tertiary/aromatic N) is 1. The van der Waals surface area contributed by atoms with Crippen LogP contribution in [0.2, 0.25) is 5.02 Å². The van der Waals surface area contributed by atoms with E-state index in [1.165, 1.54) is 0 Å². The van der Waals surface area contributed by atoms with E-state index in [-0.39, 0.29) is 12.0 Å². The predicted molar refractivity (Wildman–Crippen MR) is 74.7 cm³/mol. The van der Waals surface area contributed by atoms with Gasteiger partial charge in [0.25, 0.3) is 0 Å². The lowest BCUT2D eigenvalue weighted by Crippen LogP contribution is -2.47. The third-order valence-corrected chi connectivity index (χ3v) is 4.34. The molecule has 0 aliphatic carbocycles. The topological polar surface area (TPSA) is 20.3 Å². The van der Waals surface area contributed by atoms with Gasteiger partial charge in [-0.05, 0) is 25.1 Å². The highest BCUT2D eigenvalue weighted by atomic mass is 79.9. The smallest absolute Gasteiger partial charge is 0.139 e. The molecule has 0 amide bonds. The molecule has 1 aliphatic rings. The van der Waals surface area contributed by atoms with Gasteiger partial charge in [-0.25, -0.2) is 0 Å². The van der Waals surface area contributed by atoms with Crippen LogP contribution in [0.4, 0.5) is 5.69 Å². The Hall–Kier alpha value is -0.540. The zero-order valence-corrected chi connectivity index (χ0v) is 12.3. The molecule has 0 radical (unpaired) electrons. The van der Waals surface area contributed by atoms with Crippen LogP contribution < -0.4 is 4.90 Å². The van der Waals surface area contributed by atoms with Gasteiger partial charge >= 0.3 is 0 Å². The van der Waals surface area contributed by atoms with E-state index in [0.29, 0.717) is 12.2 Å². The summed E-state index contributed by atoms with van der Waals surface area (Å²) in [5.41, 5.74) is 1.02. The van der Waals surface area contributed by atoms with Gasteiger partial charge in [-0.3, -0.25) is 4.79 Å². The van der Waals surface area contributed by atoms with Gasteiger partial charge in [0.2, 0.25) is 0 Å². The molecule has 1 saturated heterocycles. The zero-order chi connectivity index (χ0) is 12.6. The van der Waals surface area contributed by atoms with E-state index in [9.17, 15) is 4.79 Å². The van der Waals surface area contributed by atoms with Gasteiger partial charge in [-0.15, -0.1) is 0 Å². The molecule has 1 heterocycles. The molecule has 1 aromatic carbocycles. The molecule has 0 aromatic heterocycles. The summed E-state index contributed by atoms with van der Waals surface area (Å²) in [6.45, 7) is 4.83. The van der Waals surface area contributed by atoms with Crippen molar-refractivity contribution in [1.29, 1.82) is 0 Å². The van der Waals surface area contributed by atoms with Gasteiger partial charge < -0.3 is 4.90 Å². The zero-order valence-electron chi connectivity index (χ0n) is 9.91. The minimum Gasteiger partial charge on any atom is -0.366 e.